The number of carbonyl (C=O) groups excluding carboxylic acids is 2. The Balaban J connectivity index is 1.61. The highest BCUT2D eigenvalue weighted by Gasteiger charge is 2.28. The average Bonchev–Trinajstić information content (AvgIpc) is 2.62. The number of amides is 1. The summed E-state index contributed by atoms with van der Waals surface area (Å²) in [6.45, 7) is 1.17. The standard InChI is InChI=1S/C19H18BrNO3/c20-16-5-1-15(2-6-16)19(24)21-11-9-14(10-12-21)18(23)13-3-7-17(22)8-4-13/h1-8,14,22H,9-12H2. The number of hydrogen-bond acceptors (Lipinski definition) is 3. The third-order valence-electron chi connectivity index (χ3n) is 4.40. The van der Waals surface area contributed by atoms with Crippen LogP contribution < -0.4 is 0 Å². The van der Waals surface area contributed by atoms with Crippen LogP contribution in [0.3, 0.4) is 0 Å². The van der Waals surface area contributed by atoms with Crippen LogP contribution in [0, 0.1) is 5.92 Å². The number of aromatic hydroxyl groups is 1. The highest BCUT2D eigenvalue weighted by molar-refractivity contribution is 9.10. The van der Waals surface area contributed by atoms with E-state index in [1.807, 2.05) is 17.0 Å². The minimum atomic E-state index is -0.0662. The third kappa shape index (κ3) is 3.67. The molecular weight excluding hydrogens is 370 g/mol. The van der Waals surface area contributed by atoms with E-state index in [-0.39, 0.29) is 23.4 Å². The summed E-state index contributed by atoms with van der Waals surface area (Å²) in [6, 6.07) is 13.7. The van der Waals surface area contributed by atoms with Crippen LogP contribution in [0.15, 0.2) is 53.0 Å². The number of Topliss-reactive ketones (excluding diaryl/α,β-unsaturated/α-hetero) is 1. The van der Waals surface area contributed by atoms with E-state index in [1.165, 1.54) is 12.1 Å². The normalized spacial score (nSPS) is 15.3. The van der Waals surface area contributed by atoms with E-state index in [1.54, 1.807) is 24.3 Å². The zero-order valence-electron chi connectivity index (χ0n) is 13.1. The summed E-state index contributed by atoms with van der Waals surface area (Å²) in [5.74, 6) is 0.189. The SMILES string of the molecule is O=C(c1ccc(O)cc1)C1CCN(C(=O)c2ccc(Br)cc2)CC1. The van der Waals surface area contributed by atoms with Crippen LogP contribution in [0.4, 0.5) is 0 Å². The number of benzene rings is 2. The van der Waals surface area contributed by atoms with Crippen LogP contribution >= 0.6 is 15.9 Å². The Morgan fingerprint density at radius 1 is 0.917 bits per heavy atom. The lowest BCUT2D eigenvalue weighted by atomic mass is 9.88. The van der Waals surface area contributed by atoms with Gasteiger partial charge < -0.3 is 10.0 Å². The molecule has 1 amide bonds. The van der Waals surface area contributed by atoms with Gasteiger partial charge in [-0.1, -0.05) is 15.9 Å². The predicted molar refractivity (Wildman–Crippen MR) is 95.2 cm³/mol. The van der Waals surface area contributed by atoms with Crippen LogP contribution in [0.25, 0.3) is 0 Å². The smallest absolute Gasteiger partial charge is 0.253 e. The number of carbonyl (C=O) groups is 2. The summed E-state index contributed by atoms with van der Waals surface area (Å²) in [5.41, 5.74) is 1.28. The number of phenols is 1. The number of piperidine rings is 1. The first kappa shape index (κ1) is 16.7. The number of nitrogens with zero attached hydrogens (tertiary/aromatic N) is 1. The van der Waals surface area contributed by atoms with Crippen molar-refractivity contribution < 1.29 is 14.7 Å². The molecule has 1 N–H and O–H groups in total. The lowest BCUT2D eigenvalue weighted by molar-refractivity contribution is 0.0650. The minimum absolute atomic E-state index is 0.0121. The van der Waals surface area contributed by atoms with Crippen molar-refractivity contribution in [3.63, 3.8) is 0 Å². The van der Waals surface area contributed by atoms with E-state index in [0.29, 0.717) is 37.1 Å². The van der Waals surface area contributed by atoms with E-state index in [4.69, 9.17) is 0 Å². The first-order chi connectivity index (χ1) is 11.5. The molecule has 0 aromatic heterocycles. The molecule has 3 rings (SSSR count). The Morgan fingerprint density at radius 2 is 1.46 bits per heavy atom. The zero-order chi connectivity index (χ0) is 17.1. The number of halogens is 1. The van der Waals surface area contributed by atoms with Crippen molar-refractivity contribution in [3.05, 3.63) is 64.1 Å². The van der Waals surface area contributed by atoms with Crippen LogP contribution in [0.2, 0.25) is 0 Å². The van der Waals surface area contributed by atoms with Gasteiger partial charge in [-0.3, -0.25) is 9.59 Å². The maximum atomic E-state index is 12.5. The molecule has 4 nitrogen and oxygen atoms in total. The van der Waals surface area contributed by atoms with Crippen LogP contribution in [-0.2, 0) is 0 Å². The van der Waals surface area contributed by atoms with E-state index in [9.17, 15) is 14.7 Å². The molecule has 24 heavy (non-hydrogen) atoms. The second-order valence-electron chi connectivity index (χ2n) is 5.98. The maximum absolute atomic E-state index is 12.5. The van der Waals surface area contributed by atoms with E-state index >= 15 is 0 Å². The van der Waals surface area contributed by atoms with Gasteiger partial charge in [0.1, 0.15) is 5.75 Å². The maximum Gasteiger partial charge on any atom is 0.253 e. The summed E-state index contributed by atoms with van der Waals surface area (Å²) < 4.78 is 0.942. The van der Waals surface area contributed by atoms with Crippen LogP contribution in [0.5, 0.6) is 5.75 Å². The van der Waals surface area contributed by atoms with Gasteiger partial charge in [0, 0.05) is 34.6 Å². The van der Waals surface area contributed by atoms with Crippen LogP contribution in [0.1, 0.15) is 33.6 Å². The average molecular weight is 388 g/mol. The number of ketones is 1. The van der Waals surface area contributed by atoms with Crippen molar-refractivity contribution in [2.45, 2.75) is 12.8 Å². The molecule has 1 heterocycles. The molecule has 1 aliphatic heterocycles. The Bertz CT molecular complexity index is 667. The summed E-state index contributed by atoms with van der Waals surface area (Å²) in [4.78, 5) is 26.8. The highest BCUT2D eigenvalue weighted by atomic mass is 79.9. The van der Waals surface area contributed by atoms with Crippen molar-refractivity contribution in [2.24, 2.45) is 5.92 Å². The molecule has 0 unspecified atom stereocenters. The number of hydrogen-bond donors (Lipinski definition) is 1. The fraction of sp³-hybridized carbons (Fsp3) is 0.263. The molecule has 2 aromatic carbocycles. The van der Waals surface area contributed by atoms with Gasteiger partial charge in [0.25, 0.3) is 5.91 Å². The second-order valence-corrected chi connectivity index (χ2v) is 6.90. The number of rotatable bonds is 3. The van der Waals surface area contributed by atoms with Gasteiger partial charge in [-0.05, 0) is 61.4 Å². The molecule has 1 fully saturated rings. The monoisotopic (exact) mass is 387 g/mol. The molecule has 0 saturated carbocycles. The summed E-state index contributed by atoms with van der Waals surface area (Å²) in [6.07, 6.45) is 1.34. The van der Waals surface area contributed by atoms with Crippen molar-refractivity contribution >= 4 is 27.6 Å². The summed E-state index contributed by atoms with van der Waals surface area (Å²) in [5, 5.41) is 9.31. The van der Waals surface area contributed by atoms with Crippen LogP contribution in [-0.4, -0.2) is 34.8 Å². The Kier molecular flexibility index (Phi) is 5.00. The number of likely N-dealkylation sites (tertiary alicyclic amines) is 1. The molecule has 1 saturated heterocycles. The van der Waals surface area contributed by atoms with Crippen molar-refractivity contribution in [1.82, 2.24) is 4.90 Å². The molecule has 124 valence electrons. The largest absolute Gasteiger partial charge is 0.508 e. The Hall–Kier alpha value is -2.14. The lowest BCUT2D eigenvalue weighted by Gasteiger charge is -2.31. The van der Waals surface area contributed by atoms with Crippen molar-refractivity contribution in [2.75, 3.05) is 13.1 Å². The minimum Gasteiger partial charge on any atom is -0.508 e. The summed E-state index contributed by atoms with van der Waals surface area (Å²) >= 11 is 3.36. The quantitative estimate of drug-likeness (QED) is 0.812. The molecule has 2 aromatic rings. The molecule has 5 heteroatoms. The van der Waals surface area contributed by atoms with Gasteiger partial charge in [-0.2, -0.15) is 0 Å². The Morgan fingerprint density at radius 3 is 2.04 bits per heavy atom. The van der Waals surface area contributed by atoms with Gasteiger partial charge in [0.15, 0.2) is 5.78 Å². The molecule has 0 aliphatic carbocycles. The predicted octanol–water partition coefficient (Wildman–Crippen LogP) is 3.89. The fourth-order valence-corrected chi connectivity index (χ4v) is 3.25. The second kappa shape index (κ2) is 7.18. The number of phenolic OH excluding ortho intramolecular Hbond substituents is 1. The van der Waals surface area contributed by atoms with E-state index < -0.39 is 0 Å². The molecule has 0 atom stereocenters. The van der Waals surface area contributed by atoms with E-state index in [0.717, 1.165) is 4.47 Å². The van der Waals surface area contributed by atoms with Gasteiger partial charge in [-0.15, -0.1) is 0 Å². The van der Waals surface area contributed by atoms with E-state index in [2.05, 4.69) is 15.9 Å². The van der Waals surface area contributed by atoms with Gasteiger partial charge in [0.2, 0.25) is 0 Å². The Labute approximate surface area is 149 Å². The molecule has 0 spiro atoms. The molecule has 1 aliphatic rings. The molecule has 0 radical (unpaired) electrons. The molecule has 0 bridgehead atoms. The topological polar surface area (TPSA) is 57.6 Å². The fourth-order valence-electron chi connectivity index (χ4n) is 2.98. The lowest BCUT2D eigenvalue weighted by Crippen LogP contribution is -2.40. The third-order valence-corrected chi connectivity index (χ3v) is 4.92. The van der Waals surface area contributed by atoms with Crippen molar-refractivity contribution in [3.8, 4) is 5.75 Å². The highest BCUT2D eigenvalue weighted by Crippen LogP contribution is 2.24. The van der Waals surface area contributed by atoms with Gasteiger partial charge >= 0.3 is 0 Å². The summed E-state index contributed by atoms with van der Waals surface area (Å²) in [7, 11) is 0. The zero-order valence-corrected chi connectivity index (χ0v) is 14.7. The molecular formula is C19H18BrNO3. The van der Waals surface area contributed by atoms with Crippen molar-refractivity contribution in [1.29, 1.82) is 0 Å². The first-order valence-electron chi connectivity index (χ1n) is 7.92. The van der Waals surface area contributed by atoms with Gasteiger partial charge in [-0.25, -0.2) is 0 Å². The van der Waals surface area contributed by atoms with Gasteiger partial charge in [0.05, 0.1) is 0 Å². The first-order valence-corrected chi connectivity index (χ1v) is 8.72.